The van der Waals surface area contributed by atoms with E-state index >= 15 is 0 Å². The van der Waals surface area contributed by atoms with Gasteiger partial charge in [0.05, 0.1) is 0 Å². The molecule has 1 fully saturated rings. The first kappa shape index (κ1) is 9.40. The molecule has 0 amide bonds. The van der Waals surface area contributed by atoms with E-state index in [1.807, 2.05) is 11.8 Å². The van der Waals surface area contributed by atoms with Gasteiger partial charge in [0.15, 0.2) is 0 Å². The number of thioether (sulfide) groups is 1. The van der Waals surface area contributed by atoms with Gasteiger partial charge in [0.25, 0.3) is 0 Å². The second kappa shape index (κ2) is 4.36. The number of rotatable bonds is 2. The van der Waals surface area contributed by atoms with Crippen LogP contribution in [0.3, 0.4) is 0 Å². The van der Waals surface area contributed by atoms with Gasteiger partial charge in [-0.3, -0.25) is 0 Å². The Morgan fingerprint density at radius 1 is 1.45 bits per heavy atom. The molecule has 0 radical (unpaired) electrons. The monoisotopic (exact) mass is 173 g/mol. The predicted molar refractivity (Wildman–Crippen MR) is 52.9 cm³/mol. The number of hydrogen-bond donors (Lipinski definition) is 1. The quantitative estimate of drug-likeness (QED) is 0.693. The lowest BCUT2D eigenvalue weighted by atomic mass is 9.84. The van der Waals surface area contributed by atoms with Gasteiger partial charge in [0.2, 0.25) is 0 Å². The van der Waals surface area contributed by atoms with Crippen molar-refractivity contribution < 1.29 is 0 Å². The molecule has 0 aromatic heterocycles. The minimum absolute atomic E-state index is 0.466. The Balaban J connectivity index is 2.37. The molecule has 2 N–H and O–H groups in total. The molecule has 3 atom stereocenters. The third kappa shape index (κ3) is 2.38. The van der Waals surface area contributed by atoms with Gasteiger partial charge < -0.3 is 5.73 Å². The van der Waals surface area contributed by atoms with E-state index in [4.69, 9.17) is 5.73 Å². The second-order valence-electron chi connectivity index (χ2n) is 3.53. The second-order valence-corrected chi connectivity index (χ2v) is 4.60. The molecule has 0 spiro atoms. The van der Waals surface area contributed by atoms with Crippen molar-refractivity contribution in [3.63, 3.8) is 0 Å². The molecule has 1 aliphatic rings. The molecule has 66 valence electrons. The summed E-state index contributed by atoms with van der Waals surface area (Å²) in [5.41, 5.74) is 5.99. The third-order valence-corrected chi connectivity index (χ3v) is 3.98. The van der Waals surface area contributed by atoms with Crippen LogP contribution in [-0.2, 0) is 0 Å². The number of nitrogens with two attached hydrogens (primary N) is 1. The zero-order valence-corrected chi connectivity index (χ0v) is 8.36. The standard InChI is InChI=1S/C9H19NS/c1-3-7-4-5-8(10)9(6-7)11-2/h7-9H,3-6,10H2,1-2H3. The van der Waals surface area contributed by atoms with E-state index in [2.05, 4.69) is 13.2 Å². The first-order chi connectivity index (χ1) is 5.27. The summed E-state index contributed by atoms with van der Waals surface area (Å²) in [6.45, 7) is 2.29. The highest BCUT2D eigenvalue weighted by Crippen LogP contribution is 2.31. The van der Waals surface area contributed by atoms with Gasteiger partial charge in [-0.05, 0) is 31.4 Å². The fourth-order valence-corrected chi connectivity index (χ4v) is 2.83. The smallest absolute Gasteiger partial charge is 0.0198 e. The Hall–Kier alpha value is 0.310. The Kier molecular flexibility index (Phi) is 3.73. The van der Waals surface area contributed by atoms with Crippen LogP contribution in [0, 0.1) is 5.92 Å². The van der Waals surface area contributed by atoms with Crippen LogP contribution in [0.2, 0.25) is 0 Å². The first-order valence-electron chi connectivity index (χ1n) is 4.56. The van der Waals surface area contributed by atoms with Crippen molar-refractivity contribution in [2.24, 2.45) is 11.7 Å². The van der Waals surface area contributed by atoms with Crippen molar-refractivity contribution in [3.8, 4) is 0 Å². The molecule has 1 aliphatic carbocycles. The molecule has 0 aromatic carbocycles. The van der Waals surface area contributed by atoms with Crippen LogP contribution in [0.25, 0.3) is 0 Å². The summed E-state index contributed by atoms with van der Waals surface area (Å²) in [6.07, 6.45) is 7.46. The van der Waals surface area contributed by atoms with Crippen molar-refractivity contribution >= 4 is 11.8 Å². The molecule has 1 saturated carbocycles. The summed E-state index contributed by atoms with van der Waals surface area (Å²) in [5.74, 6) is 0.951. The lowest BCUT2D eigenvalue weighted by Crippen LogP contribution is -2.38. The van der Waals surface area contributed by atoms with E-state index in [-0.39, 0.29) is 0 Å². The highest BCUT2D eigenvalue weighted by atomic mass is 32.2. The minimum atomic E-state index is 0.466. The fraction of sp³-hybridized carbons (Fsp3) is 1.00. The Labute approximate surface area is 74.1 Å². The molecular weight excluding hydrogens is 154 g/mol. The molecule has 1 nitrogen and oxygen atoms in total. The largest absolute Gasteiger partial charge is 0.327 e. The lowest BCUT2D eigenvalue weighted by molar-refractivity contribution is 0.328. The van der Waals surface area contributed by atoms with Crippen LogP contribution in [-0.4, -0.2) is 17.5 Å². The molecule has 0 heterocycles. The summed E-state index contributed by atoms with van der Waals surface area (Å²) in [6, 6.07) is 0.466. The lowest BCUT2D eigenvalue weighted by Gasteiger charge is -2.32. The Morgan fingerprint density at radius 3 is 2.73 bits per heavy atom. The van der Waals surface area contributed by atoms with Gasteiger partial charge in [0.1, 0.15) is 0 Å². The molecule has 0 aliphatic heterocycles. The average molecular weight is 173 g/mol. The molecule has 0 bridgehead atoms. The van der Waals surface area contributed by atoms with E-state index in [9.17, 15) is 0 Å². The van der Waals surface area contributed by atoms with Crippen molar-refractivity contribution in [1.29, 1.82) is 0 Å². The molecule has 1 rings (SSSR count). The average Bonchev–Trinajstić information content (AvgIpc) is 2.05. The van der Waals surface area contributed by atoms with Crippen molar-refractivity contribution in [2.45, 2.75) is 43.9 Å². The highest BCUT2D eigenvalue weighted by molar-refractivity contribution is 7.99. The van der Waals surface area contributed by atoms with Crippen LogP contribution in [0.5, 0.6) is 0 Å². The first-order valence-corrected chi connectivity index (χ1v) is 5.85. The van der Waals surface area contributed by atoms with Crippen LogP contribution in [0.1, 0.15) is 32.6 Å². The maximum Gasteiger partial charge on any atom is 0.0198 e. The molecule has 3 unspecified atom stereocenters. The maximum absolute atomic E-state index is 5.99. The van der Waals surface area contributed by atoms with E-state index in [1.54, 1.807) is 0 Å². The molecule has 11 heavy (non-hydrogen) atoms. The van der Waals surface area contributed by atoms with E-state index in [0.717, 1.165) is 11.2 Å². The topological polar surface area (TPSA) is 26.0 Å². The van der Waals surface area contributed by atoms with Crippen molar-refractivity contribution in [2.75, 3.05) is 6.26 Å². The molecule has 0 aromatic rings. The Bertz CT molecular complexity index is 116. The van der Waals surface area contributed by atoms with Crippen LogP contribution < -0.4 is 5.73 Å². The van der Waals surface area contributed by atoms with Crippen molar-refractivity contribution in [3.05, 3.63) is 0 Å². The molecule has 0 saturated heterocycles. The SMILES string of the molecule is CCC1CCC(N)C(SC)C1. The summed E-state index contributed by atoms with van der Waals surface area (Å²) >= 11 is 1.95. The summed E-state index contributed by atoms with van der Waals surface area (Å²) in [4.78, 5) is 0. The van der Waals surface area contributed by atoms with Gasteiger partial charge >= 0.3 is 0 Å². The Morgan fingerprint density at radius 2 is 2.18 bits per heavy atom. The number of hydrogen-bond acceptors (Lipinski definition) is 2. The predicted octanol–water partition coefficient (Wildman–Crippen LogP) is 2.26. The van der Waals surface area contributed by atoms with Gasteiger partial charge in [0, 0.05) is 11.3 Å². The van der Waals surface area contributed by atoms with Crippen LogP contribution in [0.15, 0.2) is 0 Å². The zero-order chi connectivity index (χ0) is 8.27. The van der Waals surface area contributed by atoms with Gasteiger partial charge in [-0.1, -0.05) is 13.3 Å². The minimum Gasteiger partial charge on any atom is -0.327 e. The maximum atomic E-state index is 5.99. The normalized spacial score (nSPS) is 39.0. The summed E-state index contributed by atoms with van der Waals surface area (Å²) in [7, 11) is 0. The molecule has 2 heteroatoms. The third-order valence-electron chi connectivity index (χ3n) is 2.83. The van der Waals surface area contributed by atoms with E-state index in [0.29, 0.717) is 6.04 Å². The van der Waals surface area contributed by atoms with E-state index in [1.165, 1.54) is 25.7 Å². The van der Waals surface area contributed by atoms with E-state index < -0.39 is 0 Å². The fourth-order valence-electron chi connectivity index (χ4n) is 1.88. The molecular formula is C9H19NS. The van der Waals surface area contributed by atoms with Gasteiger partial charge in [-0.15, -0.1) is 0 Å². The van der Waals surface area contributed by atoms with Gasteiger partial charge in [-0.2, -0.15) is 11.8 Å². The summed E-state index contributed by atoms with van der Waals surface area (Å²) in [5, 5.41) is 0.730. The zero-order valence-electron chi connectivity index (χ0n) is 7.55. The van der Waals surface area contributed by atoms with Crippen LogP contribution >= 0.6 is 11.8 Å². The van der Waals surface area contributed by atoms with Crippen LogP contribution in [0.4, 0.5) is 0 Å². The van der Waals surface area contributed by atoms with Gasteiger partial charge in [-0.25, -0.2) is 0 Å². The summed E-state index contributed by atoms with van der Waals surface area (Å²) < 4.78 is 0. The van der Waals surface area contributed by atoms with Crippen molar-refractivity contribution in [1.82, 2.24) is 0 Å². The highest BCUT2D eigenvalue weighted by Gasteiger charge is 2.26.